The smallest absolute Gasteiger partial charge is 0.346 e. The number of hydrogen-bond donors (Lipinski definition) is 2. The number of rotatable bonds is 9. The van der Waals surface area contributed by atoms with Crippen LogP contribution in [0.3, 0.4) is 0 Å². The second-order valence-electron chi connectivity index (χ2n) is 9.45. The third kappa shape index (κ3) is 6.06. The minimum atomic E-state index is -1.05. The van der Waals surface area contributed by atoms with E-state index >= 15 is 0 Å². The Hall–Kier alpha value is -5.51. The molecular formula is C31H26N4O6. The Morgan fingerprint density at radius 3 is 2.17 bits per heavy atom. The summed E-state index contributed by atoms with van der Waals surface area (Å²) < 4.78 is 6.88. The van der Waals surface area contributed by atoms with Gasteiger partial charge in [-0.1, -0.05) is 54.6 Å². The predicted octanol–water partition coefficient (Wildman–Crippen LogP) is 3.68. The largest absolute Gasteiger partial charge is 0.497 e. The summed E-state index contributed by atoms with van der Waals surface area (Å²) in [5.74, 6) is -0.883. The van der Waals surface area contributed by atoms with Gasteiger partial charge in [0, 0.05) is 32.0 Å². The van der Waals surface area contributed by atoms with Crippen LogP contribution in [-0.4, -0.2) is 43.5 Å². The number of carbonyl (C=O) groups excluding carboxylic acids is 1. The van der Waals surface area contributed by atoms with Crippen molar-refractivity contribution in [2.24, 2.45) is 0 Å². The van der Waals surface area contributed by atoms with Crippen LogP contribution >= 0.6 is 0 Å². The van der Waals surface area contributed by atoms with E-state index in [4.69, 9.17) is 4.74 Å². The molecule has 41 heavy (non-hydrogen) atoms. The summed E-state index contributed by atoms with van der Waals surface area (Å²) >= 11 is 0. The zero-order valence-corrected chi connectivity index (χ0v) is 22.1. The fourth-order valence-electron chi connectivity index (χ4n) is 4.55. The first-order valence-corrected chi connectivity index (χ1v) is 12.7. The SMILES string of the molecule is COc1ccc(Cn2cc(C(=O)N(Cc3ccccc3)Cc3ccc(C(=O)O)cc3)c(=O)c3cnc(=O)[nH]c32)cc1. The van der Waals surface area contributed by atoms with Crippen molar-refractivity contribution >= 4 is 22.9 Å². The number of fused-ring (bicyclic) bond motifs is 1. The van der Waals surface area contributed by atoms with E-state index in [1.807, 2.05) is 42.5 Å². The Bertz CT molecular complexity index is 1830. The van der Waals surface area contributed by atoms with Crippen LogP contribution in [0.15, 0.2) is 101 Å². The average molecular weight is 551 g/mol. The Morgan fingerprint density at radius 2 is 1.54 bits per heavy atom. The number of H-pyrrole nitrogens is 1. The van der Waals surface area contributed by atoms with Gasteiger partial charge in [-0.2, -0.15) is 0 Å². The number of amides is 1. The van der Waals surface area contributed by atoms with Crippen LogP contribution in [0.5, 0.6) is 5.75 Å². The summed E-state index contributed by atoms with van der Waals surface area (Å²) in [6, 6.07) is 22.9. The van der Waals surface area contributed by atoms with Crippen molar-refractivity contribution in [3.8, 4) is 5.75 Å². The van der Waals surface area contributed by atoms with Gasteiger partial charge in [-0.15, -0.1) is 0 Å². The summed E-state index contributed by atoms with van der Waals surface area (Å²) in [6.07, 6.45) is 2.64. The number of nitrogens with one attached hydrogen (secondary N) is 1. The molecule has 0 aliphatic carbocycles. The van der Waals surface area contributed by atoms with Gasteiger partial charge in [-0.25, -0.2) is 14.6 Å². The van der Waals surface area contributed by atoms with E-state index in [9.17, 15) is 24.3 Å². The van der Waals surface area contributed by atoms with Crippen LogP contribution in [0.1, 0.15) is 37.4 Å². The maximum Gasteiger partial charge on any atom is 0.346 e. The summed E-state index contributed by atoms with van der Waals surface area (Å²) in [6.45, 7) is 0.601. The summed E-state index contributed by atoms with van der Waals surface area (Å²) in [4.78, 5) is 58.9. The standard InChI is InChI=1S/C31H26N4O6/c1-41-24-13-9-22(10-14-24)16-34-19-26(27(36)25-15-32-31(40)33-28(25)34)29(37)35(17-20-5-3-2-4-6-20)18-21-7-11-23(12-8-21)30(38)39/h2-15,19H,16-18H2,1H3,(H,38,39)(H,32,33,40). The van der Waals surface area contributed by atoms with Crippen molar-refractivity contribution in [2.75, 3.05) is 7.11 Å². The van der Waals surface area contributed by atoms with Crippen LogP contribution in [0.25, 0.3) is 11.0 Å². The molecule has 10 nitrogen and oxygen atoms in total. The lowest BCUT2D eigenvalue weighted by Crippen LogP contribution is -2.34. The van der Waals surface area contributed by atoms with Crippen molar-refractivity contribution in [1.82, 2.24) is 19.4 Å². The van der Waals surface area contributed by atoms with E-state index in [1.54, 1.807) is 35.9 Å². The first-order valence-electron chi connectivity index (χ1n) is 12.7. The van der Waals surface area contributed by atoms with Gasteiger partial charge >= 0.3 is 11.7 Å². The van der Waals surface area contributed by atoms with E-state index in [0.717, 1.165) is 11.1 Å². The molecule has 0 atom stereocenters. The summed E-state index contributed by atoms with van der Waals surface area (Å²) in [5, 5.41) is 9.35. The maximum atomic E-state index is 14.1. The van der Waals surface area contributed by atoms with Gasteiger partial charge in [0.15, 0.2) is 0 Å². The van der Waals surface area contributed by atoms with Crippen LogP contribution in [0, 0.1) is 0 Å². The number of carboxylic acid groups (broad SMARTS) is 1. The average Bonchev–Trinajstić information content (AvgIpc) is 2.99. The number of ether oxygens (including phenoxy) is 1. The highest BCUT2D eigenvalue weighted by atomic mass is 16.5. The molecule has 2 N–H and O–H groups in total. The molecule has 2 aromatic heterocycles. The second kappa shape index (κ2) is 11.7. The van der Waals surface area contributed by atoms with Gasteiger partial charge in [0.2, 0.25) is 5.43 Å². The third-order valence-electron chi connectivity index (χ3n) is 6.67. The minimum absolute atomic E-state index is 0.0852. The molecule has 0 spiro atoms. The normalized spacial score (nSPS) is 10.9. The topological polar surface area (TPSA) is 135 Å². The fraction of sp³-hybridized carbons (Fsp3) is 0.129. The zero-order valence-electron chi connectivity index (χ0n) is 22.1. The number of aromatic amines is 1. The lowest BCUT2D eigenvalue weighted by molar-refractivity contribution is 0.0693. The summed E-state index contributed by atoms with van der Waals surface area (Å²) in [7, 11) is 1.57. The van der Waals surface area contributed by atoms with Crippen molar-refractivity contribution in [2.45, 2.75) is 19.6 Å². The Kier molecular flexibility index (Phi) is 7.73. The molecule has 0 saturated heterocycles. The monoisotopic (exact) mass is 550 g/mol. The molecule has 0 unspecified atom stereocenters. The van der Waals surface area contributed by atoms with Crippen molar-refractivity contribution in [3.63, 3.8) is 0 Å². The maximum absolute atomic E-state index is 14.1. The Balaban J connectivity index is 1.57. The quantitative estimate of drug-likeness (QED) is 0.286. The van der Waals surface area contributed by atoms with Crippen LogP contribution in [0.4, 0.5) is 0 Å². The van der Waals surface area contributed by atoms with E-state index < -0.39 is 23.0 Å². The molecule has 1 amide bonds. The highest BCUT2D eigenvalue weighted by Crippen LogP contribution is 2.18. The number of pyridine rings is 1. The van der Waals surface area contributed by atoms with E-state index in [-0.39, 0.29) is 41.8 Å². The number of benzene rings is 3. The summed E-state index contributed by atoms with van der Waals surface area (Å²) in [5.41, 5.74) is 1.53. The van der Waals surface area contributed by atoms with Gasteiger partial charge in [0.1, 0.15) is 17.0 Å². The number of aromatic nitrogens is 3. The van der Waals surface area contributed by atoms with E-state index in [2.05, 4.69) is 9.97 Å². The van der Waals surface area contributed by atoms with Crippen molar-refractivity contribution in [1.29, 1.82) is 0 Å². The van der Waals surface area contributed by atoms with Gasteiger partial charge in [-0.3, -0.25) is 14.6 Å². The van der Waals surface area contributed by atoms with Crippen LogP contribution < -0.4 is 15.9 Å². The van der Waals surface area contributed by atoms with Gasteiger partial charge < -0.3 is 19.3 Å². The molecule has 0 saturated carbocycles. The first-order chi connectivity index (χ1) is 19.8. The first kappa shape index (κ1) is 27.1. The van der Waals surface area contributed by atoms with Crippen LogP contribution in [0.2, 0.25) is 0 Å². The fourth-order valence-corrected chi connectivity index (χ4v) is 4.55. The molecule has 206 valence electrons. The molecule has 0 radical (unpaired) electrons. The highest BCUT2D eigenvalue weighted by Gasteiger charge is 2.23. The van der Waals surface area contributed by atoms with Crippen molar-refractivity contribution in [3.05, 3.63) is 140 Å². The van der Waals surface area contributed by atoms with Gasteiger partial charge in [-0.05, 0) is 41.0 Å². The zero-order chi connectivity index (χ0) is 28.9. The van der Waals surface area contributed by atoms with Crippen LogP contribution in [-0.2, 0) is 19.6 Å². The number of carbonyl (C=O) groups is 2. The van der Waals surface area contributed by atoms with Gasteiger partial charge in [0.25, 0.3) is 5.91 Å². The molecule has 0 fully saturated rings. The molecule has 10 heteroatoms. The Labute approximate surface area is 234 Å². The number of hydrogen-bond acceptors (Lipinski definition) is 6. The second-order valence-corrected chi connectivity index (χ2v) is 9.45. The third-order valence-corrected chi connectivity index (χ3v) is 6.67. The van der Waals surface area contributed by atoms with E-state index in [1.165, 1.54) is 29.4 Å². The number of methoxy groups -OCH3 is 1. The number of carboxylic acids is 1. The lowest BCUT2D eigenvalue weighted by atomic mass is 10.1. The minimum Gasteiger partial charge on any atom is -0.497 e. The molecular weight excluding hydrogens is 524 g/mol. The van der Waals surface area contributed by atoms with Crippen molar-refractivity contribution < 1.29 is 19.4 Å². The molecule has 0 aliphatic rings. The highest BCUT2D eigenvalue weighted by molar-refractivity contribution is 5.96. The van der Waals surface area contributed by atoms with E-state index in [0.29, 0.717) is 11.3 Å². The van der Waals surface area contributed by atoms with Gasteiger partial charge in [0.05, 0.1) is 18.1 Å². The molecule has 5 rings (SSSR count). The molecule has 0 bridgehead atoms. The molecule has 0 aliphatic heterocycles. The molecule has 2 heterocycles. The Morgan fingerprint density at radius 1 is 0.902 bits per heavy atom. The number of nitrogens with zero attached hydrogens (tertiary/aromatic N) is 3. The lowest BCUT2D eigenvalue weighted by Gasteiger charge is -2.24. The molecule has 3 aromatic carbocycles. The number of aromatic carboxylic acids is 1. The molecule has 5 aromatic rings. The predicted molar refractivity (Wildman–Crippen MR) is 152 cm³/mol.